The number of benzene rings is 1. The number of aromatic hydroxyl groups is 2. The molecule has 1 amide bonds. The van der Waals surface area contributed by atoms with E-state index in [2.05, 4.69) is 11.9 Å². The topological polar surface area (TPSA) is 124 Å². The van der Waals surface area contributed by atoms with E-state index in [1.165, 1.54) is 5.57 Å². The van der Waals surface area contributed by atoms with Gasteiger partial charge in [-0.25, -0.2) is 4.79 Å². The first-order chi connectivity index (χ1) is 14.6. The molecule has 1 aromatic rings. The van der Waals surface area contributed by atoms with Crippen molar-refractivity contribution in [2.24, 2.45) is 17.3 Å². The number of hydrogen-bond acceptors (Lipinski definition) is 5. The van der Waals surface area contributed by atoms with E-state index >= 15 is 0 Å². The number of hydrogen-bond donors (Lipinski definition) is 4. The lowest BCUT2D eigenvalue weighted by Gasteiger charge is -2.46. The summed E-state index contributed by atoms with van der Waals surface area (Å²) in [5.41, 5.74) is 0.553. The lowest BCUT2D eigenvalue weighted by Crippen LogP contribution is -2.34. The molecule has 0 unspecified atom stereocenters. The van der Waals surface area contributed by atoms with Crippen molar-refractivity contribution >= 4 is 23.3 Å². The van der Waals surface area contributed by atoms with Gasteiger partial charge in [-0.05, 0) is 68.1 Å². The number of fused-ring (bicyclic) bond motifs is 3. The molecule has 3 aliphatic rings. The van der Waals surface area contributed by atoms with E-state index in [4.69, 9.17) is 5.11 Å². The largest absolute Gasteiger partial charge is 0.506 e. The van der Waals surface area contributed by atoms with Gasteiger partial charge in [-0.2, -0.15) is 0 Å². The average molecular weight is 427 g/mol. The molecular weight excluding hydrogens is 398 g/mol. The van der Waals surface area contributed by atoms with E-state index in [0.717, 1.165) is 44.2 Å². The highest BCUT2D eigenvalue weighted by Crippen LogP contribution is 2.53. The van der Waals surface area contributed by atoms with Gasteiger partial charge in [-0.15, -0.1) is 0 Å². The van der Waals surface area contributed by atoms with Crippen LogP contribution < -0.4 is 5.32 Å². The van der Waals surface area contributed by atoms with E-state index in [0.29, 0.717) is 5.92 Å². The molecule has 0 heterocycles. The number of nitrogens with one attached hydrogen (secondary N) is 1. The number of ketones is 1. The molecule has 1 atom stereocenters. The monoisotopic (exact) mass is 427 g/mol. The van der Waals surface area contributed by atoms with Crippen LogP contribution in [0.15, 0.2) is 36.4 Å². The average Bonchev–Trinajstić information content (AvgIpc) is 2.73. The Kier molecular flexibility index (Phi) is 6.53. The summed E-state index contributed by atoms with van der Waals surface area (Å²) in [5.74, 6) is -2.83. The van der Waals surface area contributed by atoms with Crippen LogP contribution in [0.5, 0.6) is 11.5 Å². The van der Waals surface area contributed by atoms with Gasteiger partial charge in [-0.1, -0.05) is 25.2 Å². The maximum atomic E-state index is 12.6. The smallest absolute Gasteiger partial charge is 0.339 e. The Labute approximate surface area is 181 Å². The van der Waals surface area contributed by atoms with Crippen molar-refractivity contribution in [3.8, 4) is 11.5 Å². The van der Waals surface area contributed by atoms with Crippen LogP contribution in [0.3, 0.4) is 0 Å². The zero-order valence-electron chi connectivity index (χ0n) is 17.7. The van der Waals surface area contributed by atoms with Crippen LogP contribution in [-0.2, 0) is 9.59 Å². The number of phenolic OH excluding ortho intramolecular Hbond substituents is 1. The second-order valence-corrected chi connectivity index (χ2v) is 8.86. The van der Waals surface area contributed by atoms with Crippen LogP contribution in [0.25, 0.3) is 0 Å². The molecular formula is C24H29NO6. The quantitative estimate of drug-likeness (QED) is 0.277. The van der Waals surface area contributed by atoms with Crippen LogP contribution >= 0.6 is 0 Å². The Hall–Kier alpha value is -3.09. The van der Waals surface area contributed by atoms with Crippen molar-refractivity contribution in [2.45, 2.75) is 51.9 Å². The van der Waals surface area contributed by atoms with Gasteiger partial charge in [0.15, 0.2) is 11.5 Å². The maximum absolute atomic E-state index is 12.6. The molecule has 4 rings (SSSR count). The second kappa shape index (κ2) is 8.96. The highest BCUT2D eigenvalue weighted by Gasteiger charge is 2.40. The molecule has 0 spiro atoms. The Balaban J connectivity index is 1.55. The first-order valence-electron chi connectivity index (χ1n) is 10.6. The lowest BCUT2D eigenvalue weighted by atomic mass is 9.59. The number of carboxylic acid groups (broad SMARTS) is 1. The minimum absolute atomic E-state index is 0.0133. The number of rotatable bonds is 8. The fourth-order valence-electron chi connectivity index (χ4n) is 4.59. The fraction of sp³-hybridized carbons (Fsp3) is 0.458. The normalized spacial score (nSPS) is 23.6. The molecule has 0 aliphatic heterocycles. The van der Waals surface area contributed by atoms with Crippen LogP contribution in [0.1, 0.15) is 62.2 Å². The zero-order valence-corrected chi connectivity index (χ0v) is 17.7. The summed E-state index contributed by atoms with van der Waals surface area (Å²) in [5, 5.41) is 31.2. The van der Waals surface area contributed by atoms with Crippen molar-refractivity contribution in [1.29, 1.82) is 0 Å². The summed E-state index contributed by atoms with van der Waals surface area (Å²) in [7, 11) is 0. The molecule has 3 saturated carbocycles. The zero-order chi connectivity index (χ0) is 22.8. The number of amides is 1. The standard InChI is InChI=1S/C24H29NO6/c1-14(18(26)9-12-24-10-7-16(8-11-24)15(2)13-24)3-6-20(28)25-21-19(27)5-4-17(22(21)29)23(30)31/h4-5,9,12,14,16,27,29H,2-3,6-8,10-11,13H2,1H3,(H,25,28)(H,30,31)/b12-9+/t14-,16?,24?/m1/s1. The third kappa shape index (κ3) is 4.98. The molecule has 1 aromatic carbocycles. The first-order valence-corrected chi connectivity index (χ1v) is 10.6. The molecule has 0 saturated heterocycles. The Bertz CT molecular complexity index is 940. The van der Waals surface area contributed by atoms with Crippen LogP contribution in [-0.4, -0.2) is 33.0 Å². The lowest BCUT2D eigenvalue weighted by molar-refractivity contribution is -0.119. The molecule has 7 heteroatoms. The van der Waals surface area contributed by atoms with Crippen LogP contribution in [0.4, 0.5) is 5.69 Å². The predicted molar refractivity (Wildman–Crippen MR) is 116 cm³/mol. The summed E-state index contributed by atoms with van der Waals surface area (Å²) in [6, 6.07) is 2.13. The predicted octanol–water partition coefficient (Wildman–Crippen LogP) is 4.41. The van der Waals surface area contributed by atoms with Gasteiger partial charge < -0.3 is 20.6 Å². The Morgan fingerprint density at radius 3 is 2.55 bits per heavy atom. The van der Waals surface area contributed by atoms with E-state index in [1.54, 1.807) is 13.0 Å². The number of allylic oxidation sites excluding steroid dienone is 3. The highest BCUT2D eigenvalue weighted by atomic mass is 16.4. The molecule has 4 N–H and O–H groups in total. The van der Waals surface area contributed by atoms with Gasteiger partial charge >= 0.3 is 5.97 Å². The number of aromatic carboxylic acids is 1. The van der Waals surface area contributed by atoms with E-state index < -0.39 is 28.9 Å². The summed E-state index contributed by atoms with van der Waals surface area (Å²) < 4.78 is 0. The highest BCUT2D eigenvalue weighted by molar-refractivity contribution is 6.00. The van der Waals surface area contributed by atoms with Gasteiger partial charge in [0.25, 0.3) is 0 Å². The molecule has 166 valence electrons. The van der Waals surface area contributed by atoms with Crippen LogP contribution in [0, 0.1) is 17.3 Å². The minimum atomic E-state index is -1.38. The molecule has 2 bridgehead atoms. The first kappa shape index (κ1) is 22.6. The van der Waals surface area contributed by atoms with E-state index in [9.17, 15) is 24.6 Å². The van der Waals surface area contributed by atoms with Crippen molar-refractivity contribution in [3.05, 3.63) is 42.0 Å². The van der Waals surface area contributed by atoms with Gasteiger partial charge in [0, 0.05) is 12.3 Å². The SMILES string of the molecule is C=C1CC2(/C=C/C(=O)[C@H](C)CCC(=O)Nc3c(O)ccc(C(=O)O)c3O)CCC1CC2. The summed E-state index contributed by atoms with van der Waals surface area (Å²) in [4.78, 5) is 35.9. The summed E-state index contributed by atoms with van der Waals surface area (Å²) in [6.45, 7) is 5.94. The van der Waals surface area contributed by atoms with Gasteiger partial charge in [0.1, 0.15) is 17.0 Å². The number of carbonyl (C=O) groups is 3. The third-order valence-electron chi connectivity index (χ3n) is 6.68. The third-order valence-corrected chi connectivity index (χ3v) is 6.68. The number of carboxylic acids is 1. The number of phenols is 2. The number of carbonyl (C=O) groups excluding carboxylic acids is 2. The molecule has 31 heavy (non-hydrogen) atoms. The molecule has 0 aromatic heterocycles. The number of anilines is 1. The molecule has 7 nitrogen and oxygen atoms in total. The van der Waals surface area contributed by atoms with Gasteiger partial charge in [-0.3, -0.25) is 9.59 Å². The van der Waals surface area contributed by atoms with Crippen molar-refractivity contribution < 1.29 is 29.7 Å². The van der Waals surface area contributed by atoms with Crippen molar-refractivity contribution in [1.82, 2.24) is 0 Å². The van der Waals surface area contributed by atoms with Gasteiger partial charge in [0.05, 0.1) is 0 Å². The van der Waals surface area contributed by atoms with E-state index in [1.807, 2.05) is 6.08 Å². The summed E-state index contributed by atoms with van der Waals surface area (Å²) >= 11 is 0. The Morgan fingerprint density at radius 2 is 1.94 bits per heavy atom. The minimum Gasteiger partial charge on any atom is -0.506 e. The van der Waals surface area contributed by atoms with Crippen molar-refractivity contribution in [2.75, 3.05) is 5.32 Å². The second-order valence-electron chi connectivity index (χ2n) is 8.86. The van der Waals surface area contributed by atoms with Crippen molar-refractivity contribution in [3.63, 3.8) is 0 Å². The molecule has 3 aliphatic carbocycles. The maximum Gasteiger partial charge on any atom is 0.339 e. The van der Waals surface area contributed by atoms with Crippen LogP contribution in [0.2, 0.25) is 0 Å². The molecule has 0 radical (unpaired) electrons. The van der Waals surface area contributed by atoms with Gasteiger partial charge in [0.2, 0.25) is 5.91 Å². The van der Waals surface area contributed by atoms with E-state index in [-0.39, 0.29) is 35.6 Å². The Morgan fingerprint density at radius 1 is 1.26 bits per heavy atom. The summed E-state index contributed by atoms with van der Waals surface area (Å²) in [6.07, 6.45) is 9.35. The fourth-order valence-corrected chi connectivity index (χ4v) is 4.59. The molecule has 3 fully saturated rings.